The lowest BCUT2D eigenvalue weighted by Gasteiger charge is -2.32. The third-order valence-electron chi connectivity index (χ3n) is 3.94. The first-order valence-corrected chi connectivity index (χ1v) is 9.18. The summed E-state index contributed by atoms with van der Waals surface area (Å²) in [6.07, 6.45) is 1.13. The van der Waals surface area contributed by atoms with E-state index in [0.29, 0.717) is 17.1 Å². The van der Waals surface area contributed by atoms with Gasteiger partial charge in [0.2, 0.25) is 0 Å². The molecule has 134 valence electrons. The molecular weight excluding hydrogens is 362 g/mol. The van der Waals surface area contributed by atoms with Gasteiger partial charge in [0.15, 0.2) is 0 Å². The van der Waals surface area contributed by atoms with Crippen molar-refractivity contribution in [2.24, 2.45) is 0 Å². The molecule has 1 aromatic carbocycles. The van der Waals surface area contributed by atoms with E-state index in [1.54, 1.807) is 30.4 Å². The molecule has 1 atom stereocenters. The summed E-state index contributed by atoms with van der Waals surface area (Å²) in [7, 11) is 0. The second kappa shape index (κ2) is 8.99. The van der Waals surface area contributed by atoms with Crippen LogP contribution in [0.4, 0.5) is 0 Å². The highest BCUT2D eigenvalue weighted by Crippen LogP contribution is 2.33. The molecular formula is C18H20ClNO4S. The Kier molecular flexibility index (Phi) is 6.99. The van der Waals surface area contributed by atoms with Crippen LogP contribution in [0.5, 0.6) is 0 Å². The van der Waals surface area contributed by atoms with Gasteiger partial charge in [0.05, 0.1) is 0 Å². The van der Waals surface area contributed by atoms with E-state index in [9.17, 15) is 14.7 Å². The van der Waals surface area contributed by atoms with Gasteiger partial charge in [-0.05, 0) is 35.1 Å². The normalized spacial score (nSPS) is 14.8. The summed E-state index contributed by atoms with van der Waals surface area (Å²) in [6.45, 7) is 3.01. The summed E-state index contributed by atoms with van der Waals surface area (Å²) >= 11 is 7.92. The maximum absolute atomic E-state index is 11.7. The molecule has 0 fully saturated rings. The van der Waals surface area contributed by atoms with E-state index in [-0.39, 0.29) is 6.42 Å². The van der Waals surface area contributed by atoms with Crippen molar-refractivity contribution in [2.75, 3.05) is 6.54 Å². The Balaban J connectivity index is 0.000000399. The van der Waals surface area contributed by atoms with Gasteiger partial charge >= 0.3 is 11.9 Å². The van der Waals surface area contributed by atoms with E-state index >= 15 is 0 Å². The lowest BCUT2D eigenvalue weighted by Crippen LogP contribution is -2.37. The number of hydrogen-bond acceptors (Lipinski definition) is 4. The summed E-state index contributed by atoms with van der Waals surface area (Å²) in [6, 6.07) is 8.58. The maximum Gasteiger partial charge on any atom is 0.325 e. The molecule has 1 aliphatic heterocycles. The number of halogens is 1. The van der Waals surface area contributed by atoms with Gasteiger partial charge in [-0.1, -0.05) is 36.7 Å². The van der Waals surface area contributed by atoms with Crippen LogP contribution in [0.15, 0.2) is 35.7 Å². The van der Waals surface area contributed by atoms with Crippen molar-refractivity contribution < 1.29 is 19.8 Å². The SMILES string of the molecule is CCC(=O)O.O=C(O)[C@H](c1ccccc1Cl)N1CCc2sccc2C1. The molecule has 1 aliphatic rings. The second-order valence-electron chi connectivity index (χ2n) is 5.60. The molecule has 7 heteroatoms. The molecule has 0 amide bonds. The van der Waals surface area contributed by atoms with Crippen LogP contribution in [-0.4, -0.2) is 33.6 Å². The number of fused-ring (bicyclic) bond motifs is 1. The van der Waals surface area contributed by atoms with Crippen LogP contribution in [0.25, 0.3) is 0 Å². The number of benzene rings is 1. The van der Waals surface area contributed by atoms with E-state index in [1.807, 2.05) is 17.0 Å². The van der Waals surface area contributed by atoms with Crippen LogP contribution in [0.1, 0.15) is 35.4 Å². The van der Waals surface area contributed by atoms with Crippen molar-refractivity contribution in [2.45, 2.75) is 32.4 Å². The van der Waals surface area contributed by atoms with Crippen LogP contribution < -0.4 is 0 Å². The molecule has 0 saturated heterocycles. The van der Waals surface area contributed by atoms with Gasteiger partial charge in [0.25, 0.3) is 0 Å². The van der Waals surface area contributed by atoms with Gasteiger partial charge in [-0.2, -0.15) is 0 Å². The number of thiophene rings is 1. The van der Waals surface area contributed by atoms with Crippen LogP contribution in [0.3, 0.4) is 0 Å². The first kappa shape index (κ1) is 19.4. The van der Waals surface area contributed by atoms with Crippen molar-refractivity contribution in [3.8, 4) is 0 Å². The summed E-state index contributed by atoms with van der Waals surface area (Å²) in [4.78, 5) is 24.4. The first-order valence-electron chi connectivity index (χ1n) is 7.92. The van der Waals surface area contributed by atoms with Crippen LogP contribution >= 0.6 is 22.9 Å². The Hall–Kier alpha value is -1.89. The predicted molar refractivity (Wildman–Crippen MR) is 98.2 cm³/mol. The topological polar surface area (TPSA) is 77.8 Å². The molecule has 2 N–H and O–H groups in total. The number of rotatable bonds is 4. The highest BCUT2D eigenvalue weighted by Gasteiger charge is 2.31. The number of carboxylic acid groups (broad SMARTS) is 2. The quantitative estimate of drug-likeness (QED) is 0.834. The van der Waals surface area contributed by atoms with Gasteiger partial charge in [0.1, 0.15) is 6.04 Å². The third-order valence-corrected chi connectivity index (χ3v) is 5.31. The van der Waals surface area contributed by atoms with E-state index in [2.05, 4.69) is 11.4 Å². The molecule has 0 bridgehead atoms. The molecule has 3 rings (SSSR count). The average Bonchev–Trinajstić information content (AvgIpc) is 3.05. The molecule has 0 saturated carbocycles. The van der Waals surface area contributed by atoms with Crippen LogP contribution in [-0.2, 0) is 22.6 Å². The van der Waals surface area contributed by atoms with Gasteiger partial charge < -0.3 is 10.2 Å². The number of hydrogen-bond donors (Lipinski definition) is 2. The van der Waals surface area contributed by atoms with Crippen molar-refractivity contribution in [3.05, 3.63) is 56.7 Å². The molecule has 0 unspecified atom stereocenters. The molecule has 0 aliphatic carbocycles. The smallest absolute Gasteiger partial charge is 0.325 e. The zero-order chi connectivity index (χ0) is 18.4. The van der Waals surface area contributed by atoms with E-state index in [4.69, 9.17) is 16.7 Å². The standard InChI is InChI=1S/C15H14ClNO2S.C3H6O2/c16-12-4-2-1-3-11(12)14(15(18)19)17-7-5-13-10(9-17)6-8-20-13;1-2-3(4)5/h1-4,6,8,14H,5,7,9H2,(H,18,19);2H2,1H3,(H,4,5)/t14-;/m0./s1. The van der Waals surface area contributed by atoms with Gasteiger partial charge in [-0.25, -0.2) is 0 Å². The molecule has 0 radical (unpaired) electrons. The Bertz CT molecular complexity index is 746. The highest BCUT2D eigenvalue weighted by molar-refractivity contribution is 7.10. The van der Waals surface area contributed by atoms with E-state index < -0.39 is 18.0 Å². The molecule has 5 nitrogen and oxygen atoms in total. The first-order chi connectivity index (χ1) is 11.9. The van der Waals surface area contributed by atoms with E-state index in [0.717, 1.165) is 13.0 Å². The number of aliphatic carboxylic acids is 2. The van der Waals surface area contributed by atoms with Gasteiger partial charge in [0, 0.05) is 29.4 Å². The fraction of sp³-hybridized carbons (Fsp3) is 0.333. The minimum Gasteiger partial charge on any atom is -0.481 e. The Labute approximate surface area is 155 Å². The van der Waals surface area contributed by atoms with Gasteiger partial charge in [-0.15, -0.1) is 11.3 Å². The van der Waals surface area contributed by atoms with Crippen molar-refractivity contribution in [1.29, 1.82) is 0 Å². The number of carboxylic acids is 2. The Morgan fingerprint density at radius 1 is 1.28 bits per heavy atom. The minimum atomic E-state index is -0.850. The largest absolute Gasteiger partial charge is 0.481 e. The second-order valence-corrected chi connectivity index (χ2v) is 7.01. The fourth-order valence-electron chi connectivity index (χ4n) is 2.67. The average molecular weight is 382 g/mol. The van der Waals surface area contributed by atoms with Crippen molar-refractivity contribution >= 4 is 34.9 Å². The molecule has 2 aromatic rings. The summed E-state index contributed by atoms with van der Waals surface area (Å²) in [5.74, 6) is -1.60. The number of nitrogens with zero attached hydrogens (tertiary/aromatic N) is 1. The van der Waals surface area contributed by atoms with Crippen LogP contribution in [0, 0.1) is 0 Å². The molecule has 2 heterocycles. The maximum atomic E-state index is 11.7. The Morgan fingerprint density at radius 3 is 2.56 bits per heavy atom. The van der Waals surface area contributed by atoms with Gasteiger partial charge in [-0.3, -0.25) is 14.5 Å². The zero-order valence-corrected chi connectivity index (χ0v) is 15.4. The predicted octanol–water partition coefficient (Wildman–Crippen LogP) is 4.07. The minimum absolute atomic E-state index is 0.222. The summed E-state index contributed by atoms with van der Waals surface area (Å²) in [5, 5.41) is 19.9. The summed E-state index contributed by atoms with van der Waals surface area (Å²) in [5.41, 5.74) is 1.90. The van der Waals surface area contributed by atoms with E-state index in [1.165, 1.54) is 10.4 Å². The summed E-state index contributed by atoms with van der Waals surface area (Å²) < 4.78 is 0. The monoisotopic (exact) mass is 381 g/mol. The van der Waals surface area contributed by atoms with Crippen molar-refractivity contribution in [3.63, 3.8) is 0 Å². The van der Waals surface area contributed by atoms with Crippen molar-refractivity contribution in [1.82, 2.24) is 4.90 Å². The fourth-order valence-corrected chi connectivity index (χ4v) is 3.80. The molecule has 0 spiro atoms. The third kappa shape index (κ3) is 5.04. The zero-order valence-electron chi connectivity index (χ0n) is 13.8. The highest BCUT2D eigenvalue weighted by atomic mass is 35.5. The molecule has 1 aromatic heterocycles. The number of carbonyl (C=O) groups is 2. The Morgan fingerprint density at radius 2 is 1.96 bits per heavy atom. The van der Waals surface area contributed by atoms with Crippen LogP contribution in [0.2, 0.25) is 5.02 Å². The molecule has 25 heavy (non-hydrogen) atoms. The lowest BCUT2D eigenvalue weighted by molar-refractivity contribution is -0.144. The lowest BCUT2D eigenvalue weighted by atomic mass is 10.0.